The smallest absolute Gasteiger partial charge is 0.0454 e. The highest BCUT2D eigenvalue weighted by Gasteiger charge is 2.09. The lowest BCUT2D eigenvalue weighted by Crippen LogP contribution is -2.10. The number of halogens is 2. The first-order valence-electron chi connectivity index (χ1n) is 4.46. The van der Waals surface area contributed by atoms with Crippen molar-refractivity contribution in [3.63, 3.8) is 0 Å². The first-order valence-corrected chi connectivity index (χ1v) is 5.22. The van der Waals surface area contributed by atoms with Crippen LogP contribution in [-0.4, -0.2) is 0 Å². The molecule has 1 rings (SSSR count). The van der Waals surface area contributed by atoms with Gasteiger partial charge in [0.25, 0.3) is 0 Å². The molecule has 0 radical (unpaired) electrons. The predicted octanol–water partition coefficient (Wildman–Crippen LogP) is 3.96. The van der Waals surface area contributed by atoms with Gasteiger partial charge in [0, 0.05) is 16.1 Å². The van der Waals surface area contributed by atoms with Gasteiger partial charge in [0.2, 0.25) is 0 Å². The molecule has 0 aliphatic carbocycles. The number of allylic oxidation sites excluding steroid dienone is 1. The molecular weight excluding hydrogens is 217 g/mol. The summed E-state index contributed by atoms with van der Waals surface area (Å²) in [4.78, 5) is 0. The molecule has 76 valence electrons. The van der Waals surface area contributed by atoms with Crippen LogP contribution in [0.5, 0.6) is 0 Å². The van der Waals surface area contributed by atoms with E-state index in [-0.39, 0.29) is 6.04 Å². The highest BCUT2D eigenvalue weighted by atomic mass is 35.5. The van der Waals surface area contributed by atoms with E-state index in [1.165, 1.54) is 0 Å². The van der Waals surface area contributed by atoms with E-state index < -0.39 is 0 Å². The first-order chi connectivity index (χ1) is 6.65. The third-order valence-electron chi connectivity index (χ3n) is 2.04. The molecule has 0 fully saturated rings. The zero-order valence-electron chi connectivity index (χ0n) is 7.84. The van der Waals surface area contributed by atoms with Crippen LogP contribution >= 0.6 is 23.2 Å². The maximum absolute atomic E-state index is 6.01. The quantitative estimate of drug-likeness (QED) is 0.778. The Bertz CT molecular complexity index is 323. The van der Waals surface area contributed by atoms with Crippen LogP contribution in [0.4, 0.5) is 0 Å². The summed E-state index contributed by atoms with van der Waals surface area (Å²) in [5, 5.41) is 1.34. The number of hydrogen-bond donors (Lipinski definition) is 1. The molecule has 1 aromatic rings. The summed E-state index contributed by atoms with van der Waals surface area (Å²) in [6, 6.07) is 5.28. The normalized spacial score (nSPS) is 12.5. The van der Waals surface area contributed by atoms with E-state index in [2.05, 4.69) is 6.58 Å². The van der Waals surface area contributed by atoms with Crippen molar-refractivity contribution in [3.8, 4) is 0 Å². The van der Waals surface area contributed by atoms with Gasteiger partial charge < -0.3 is 5.73 Å². The lowest BCUT2D eigenvalue weighted by atomic mass is 10.0. The molecular formula is C11H13Cl2N. The third kappa shape index (κ3) is 3.02. The molecule has 1 atom stereocenters. The van der Waals surface area contributed by atoms with Gasteiger partial charge in [0.15, 0.2) is 0 Å². The second-order valence-electron chi connectivity index (χ2n) is 3.14. The average Bonchev–Trinajstić information content (AvgIpc) is 2.18. The summed E-state index contributed by atoms with van der Waals surface area (Å²) in [6.07, 6.45) is 3.56. The van der Waals surface area contributed by atoms with Gasteiger partial charge in [-0.2, -0.15) is 0 Å². The van der Waals surface area contributed by atoms with Crippen molar-refractivity contribution in [3.05, 3.63) is 46.5 Å². The van der Waals surface area contributed by atoms with E-state index in [1.807, 2.05) is 12.1 Å². The number of benzene rings is 1. The summed E-state index contributed by atoms with van der Waals surface area (Å²) in [6.45, 7) is 3.65. The average molecular weight is 230 g/mol. The Balaban J connectivity index is 2.82. The van der Waals surface area contributed by atoms with E-state index >= 15 is 0 Å². The van der Waals surface area contributed by atoms with Crippen LogP contribution in [0.25, 0.3) is 0 Å². The fourth-order valence-electron chi connectivity index (χ4n) is 1.25. The van der Waals surface area contributed by atoms with Gasteiger partial charge in [-0.25, -0.2) is 0 Å². The zero-order chi connectivity index (χ0) is 10.6. The van der Waals surface area contributed by atoms with Crippen LogP contribution in [0.15, 0.2) is 30.9 Å². The summed E-state index contributed by atoms with van der Waals surface area (Å²) < 4.78 is 0. The molecule has 1 nitrogen and oxygen atoms in total. The topological polar surface area (TPSA) is 26.0 Å². The monoisotopic (exact) mass is 229 g/mol. The van der Waals surface area contributed by atoms with Crippen molar-refractivity contribution in [2.24, 2.45) is 5.73 Å². The minimum absolute atomic E-state index is 0.0702. The van der Waals surface area contributed by atoms with Crippen LogP contribution in [-0.2, 0) is 0 Å². The Kier molecular flexibility index (Phi) is 4.46. The first kappa shape index (κ1) is 11.6. The highest BCUT2D eigenvalue weighted by Crippen LogP contribution is 2.27. The Morgan fingerprint density at radius 2 is 2.14 bits per heavy atom. The third-order valence-corrected chi connectivity index (χ3v) is 2.62. The van der Waals surface area contributed by atoms with Crippen LogP contribution in [0.1, 0.15) is 24.4 Å². The lowest BCUT2D eigenvalue weighted by Gasteiger charge is -2.12. The molecule has 0 amide bonds. The van der Waals surface area contributed by atoms with E-state index in [0.717, 1.165) is 18.4 Å². The molecule has 0 unspecified atom stereocenters. The minimum Gasteiger partial charge on any atom is -0.324 e. The molecule has 0 heterocycles. The lowest BCUT2D eigenvalue weighted by molar-refractivity contribution is 0.662. The van der Waals surface area contributed by atoms with E-state index in [4.69, 9.17) is 28.9 Å². The summed E-state index contributed by atoms with van der Waals surface area (Å²) >= 11 is 11.9. The predicted molar refractivity (Wildman–Crippen MR) is 62.8 cm³/mol. The van der Waals surface area contributed by atoms with Gasteiger partial charge in [-0.1, -0.05) is 29.3 Å². The molecule has 2 N–H and O–H groups in total. The Hall–Kier alpha value is -0.500. The fraction of sp³-hybridized carbons (Fsp3) is 0.273. The zero-order valence-corrected chi connectivity index (χ0v) is 9.35. The maximum atomic E-state index is 6.01. The second kappa shape index (κ2) is 5.40. The number of rotatable bonds is 4. The largest absolute Gasteiger partial charge is 0.324 e. The number of hydrogen-bond acceptors (Lipinski definition) is 1. The van der Waals surface area contributed by atoms with Gasteiger partial charge in [0.1, 0.15) is 0 Å². The molecule has 14 heavy (non-hydrogen) atoms. The molecule has 0 spiro atoms. The standard InChI is InChI=1S/C11H13Cl2N/c1-2-3-4-11(14)9-7-8(12)5-6-10(9)13/h2,5-7,11H,1,3-4,14H2/t11-/m1/s1. The van der Waals surface area contributed by atoms with Crippen molar-refractivity contribution in [2.75, 3.05) is 0 Å². The molecule has 0 bridgehead atoms. The minimum atomic E-state index is -0.0702. The van der Waals surface area contributed by atoms with Crippen molar-refractivity contribution < 1.29 is 0 Å². The van der Waals surface area contributed by atoms with Crippen molar-refractivity contribution in [1.82, 2.24) is 0 Å². The Morgan fingerprint density at radius 1 is 1.43 bits per heavy atom. The summed E-state index contributed by atoms with van der Waals surface area (Å²) in [7, 11) is 0. The van der Waals surface area contributed by atoms with Gasteiger partial charge in [0.05, 0.1) is 0 Å². The molecule has 1 aromatic carbocycles. The SMILES string of the molecule is C=CCC[C@@H](N)c1cc(Cl)ccc1Cl. The maximum Gasteiger partial charge on any atom is 0.0454 e. The van der Waals surface area contributed by atoms with Crippen molar-refractivity contribution in [2.45, 2.75) is 18.9 Å². The fourth-order valence-corrected chi connectivity index (χ4v) is 1.69. The highest BCUT2D eigenvalue weighted by molar-refractivity contribution is 6.33. The van der Waals surface area contributed by atoms with E-state index in [9.17, 15) is 0 Å². The molecule has 0 saturated heterocycles. The van der Waals surface area contributed by atoms with Gasteiger partial charge in [-0.15, -0.1) is 6.58 Å². The molecule has 0 aromatic heterocycles. The van der Waals surface area contributed by atoms with Crippen LogP contribution in [0.2, 0.25) is 10.0 Å². The molecule has 0 aliphatic rings. The summed E-state index contributed by atoms with van der Waals surface area (Å²) in [5.74, 6) is 0. The molecule has 0 saturated carbocycles. The van der Waals surface area contributed by atoms with Gasteiger partial charge in [-0.05, 0) is 36.6 Å². The second-order valence-corrected chi connectivity index (χ2v) is 3.98. The van der Waals surface area contributed by atoms with Gasteiger partial charge in [-0.3, -0.25) is 0 Å². The van der Waals surface area contributed by atoms with Gasteiger partial charge >= 0.3 is 0 Å². The Morgan fingerprint density at radius 3 is 2.79 bits per heavy atom. The Labute approximate surface area is 94.5 Å². The summed E-state index contributed by atoms with van der Waals surface area (Å²) in [5.41, 5.74) is 6.86. The van der Waals surface area contributed by atoms with E-state index in [1.54, 1.807) is 12.1 Å². The van der Waals surface area contributed by atoms with Crippen LogP contribution < -0.4 is 5.73 Å². The van der Waals surface area contributed by atoms with Crippen molar-refractivity contribution >= 4 is 23.2 Å². The van der Waals surface area contributed by atoms with E-state index in [0.29, 0.717) is 10.0 Å². The number of nitrogens with two attached hydrogens (primary N) is 1. The van der Waals surface area contributed by atoms with Crippen molar-refractivity contribution in [1.29, 1.82) is 0 Å². The van der Waals surface area contributed by atoms with Crippen LogP contribution in [0, 0.1) is 0 Å². The molecule has 0 aliphatic heterocycles. The van der Waals surface area contributed by atoms with Crippen LogP contribution in [0.3, 0.4) is 0 Å². The molecule has 3 heteroatoms.